The van der Waals surface area contributed by atoms with Gasteiger partial charge < -0.3 is 40.6 Å². The monoisotopic (exact) mass is 536 g/mol. The van der Waals surface area contributed by atoms with Crippen molar-refractivity contribution in [2.45, 2.75) is 107 Å². The first-order valence-electron chi connectivity index (χ1n) is 13.8. The van der Waals surface area contributed by atoms with Gasteiger partial charge in [0.25, 0.3) is 0 Å². The van der Waals surface area contributed by atoms with Crippen LogP contribution in [0.3, 0.4) is 0 Å². The highest BCUT2D eigenvalue weighted by atomic mass is 16.6. The lowest BCUT2D eigenvalue weighted by Gasteiger charge is -2.42. The second-order valence-electron chi connectivity index (χ2n) is 11.6. The number of rotatable bonds is 10. The highest BCUT2D eigenvalue weighted by Gasteiger charge is 2.72. The molecule has 3 amide bonds. The van der Waals surface area contributed by atoms with Gasteiger partial charge in [-0.2, -0.15) is 0 Å². The van der Waals surface area contributed by atoms with Gasteiger partial charge in [-0.05, 0) is 65.7 Å². The minimum absolute atomic E-state index is 0.0108. The molecule has 0 radical (unpaired) electrons. The van der Waals surface area contributed by atoms with E-state index in [-0.39, 0.29) is 72.4 Å². The first kappa shape index (κ1) is 28.8. The molecular formula is C27H44N4O7. The Kier molecular flexibility index (Phi) is 9.01. The van der Waals surface area contributed by atoms with Gasteiger partial charge in [0.2, 0.25) is 11.8 Å². The molecule has 6 atom stereocenters. The molecule has 0 aromatic carbocycles. The number of methoxy groups -OCH3 is 1. The number of carbonyl (C=O) groups excluding carboxylic acids is 3. The maximum atomic E-state index is 12.9. The number of allylic oxidation sites excluding steroid dienone is 1. The molecule has 2 saturated carbocycles. The molecule has 5 N–H and O–H groups in total. The van der Waals surface area contributed by atoms with Crippen LogP contribution in [0, 0.1) is 5.92 Å². The SMILES string of the molecule is COC1C(OC(=O)N[C@H]2CC[C@H](NC(=O)CNC(=O)CN)CC2)CC[C@]2(CO2)C1C1(C)O[C@@H]1CC=C(C)C. The van der Waals surface area contributed by atoms with Gasteiger partial charge in [-0.25, -0.2) is 4.79 Å². The normalized spacial score (nSPS) is 37.6. The standard InChI is InChI=1S/C27H44N4O7/c1-16(2)5-10-20-26(3,38-20)24-23(35-4)19(11-12-27(24)15-36-27)37-25(34)31-18-8-6-17(7-9-18)30-22(33)14-29-21(32)13-28/h5,17-20,23-24H,6-15,28H2,1-4H3,(H,29,32)(H,30,33)(H,31,34)/t17-,18-,19?,20-,23?,24?,26?,27+/m1/s1. The van der Waals surface area contributed by atoms with Crippen molar-refractivity contribution in [1.29, 1.82) is 0 Å². The third-order valence-corrected chi connectivity index (χ3v) is 8.54. The van der Waals surface area contributed by atoms with Crippen LogP contribution >= 0.6 is 0 Å². The van der Waals surface area contributed by atoms with E-state index >= 15 is 0 Å². The summed E-state index contributed by atoms with van der Waals surface area (Å²) in [5, 5.41) is 8.40. The number of epoxide rings is 2. The zero-order valence-corrected chi connectivity index (χ0v) is 23.0. The van der Waals surface area contributed by atoms with Crippen molar-refractivity contribution in [2.75, 3.05) is 26.8 Å². The van der Waals surface area contributed by atoms with Crippen molar-refractivity contribution >= 4 is 17.9 Å². The number of alkyl carbamates (subject to hydrolysis) is 1. The summed E-state index contributed by atoms with van der Waals surface area (Å²) in [7, 11) is 1.67. The fourth-order valence-corrected chi connectivity index (χ4v) is 6.32. The molecule has 214 valence electrons. The van der Waals surface area contributed by atoms with E-state index in [1.807, 2.05) is 0 Å². The number of hydrogen-bond acceptors (Lipinski definition) is 8. The molecule has 0 aromatic heterocycles. The van der Waals surface area contributed by atoms with Gasteiger partial charge in [0, 0.05) is 19.2 Å². The van der Waals surface area contributed by atoms with Crippen LogP contribution in [0.15, 0.2) is 11.6 Å². The van der Waals surface area contributed by atoms with Gasteiger partial charge >= 0.3 is 6.09 Å². The summed E-state index contributed by atoms with van der Waals surface area (Å²) < 4.78 is 24.1. The van der Waals surface area contributed by atoms with E-state index in [0.29, 0.717) is 13.0 Å². The predicted octanol–water partition coefficient (Wildman–Crippen LogP) is 1.29. The van der Waals surface area contributed by atoms with E-state index in [2.05, 4.69) is 42.8 Å². The van der Waals surface area contributed by atoms with Crippen molar-refractivity contribution in [3.8, 4) is 0 Å². The molecule has 2 aliphatic heterocycles. The van der Waals surface area contributed by atoms with Crippen molar-refractivity contribution in [1.82, 2.24) is 16.0 Å². The molecule has 11 heteroatoms. The summed E-state index contributed by atoms with van der Waals surface area (Å²) in [5.74, 6) is -0.626. The second kappa shape index (κ2) is 11.9. The number of nitrogens with two attached hydrogens (primary N) is 1. The first-order valence-corrected chi connectivity index (χ1v) is 13.8. The van der Waals surface area contributed by atoms with Crippen LogP contribution in [-0.4, -0.2) is 86.3 Å². The van der Waals surface area contributed by atoms with Crippen LogP contribution < -0.4 is 21.7 Å². The third-order valence-electron chi connectivity index (χ3n) is 8.54. The van der Waals surface area contributed by atoms with E-state index in [0.717, 1.165) is 38.5 Å². The van der Waals surface area contributed by atoms with Crippen LogP contribution in [0.1, 0.15) is 65.7 Å². The molecule has 11 nitrogen and oxygen atoms in total. The average Bonchev–Trinajstić information content (AvgIpc) is 3.80. The lowest BCUT2D eigenvalue weighted by molar-refractivity contribution is -0.125. The fourth-order valence-electron chi connectivity index (χ4n) is 6.32. The summed E-state index contributed by atoms with van der Waals surface area (Å²) in [6, 6.07) is -0.0135. The van der Waals surface area contributed by atoms with Crippen LogP contribution in [0.5, 0.6) is 0 Å². The number of nitrogens with one attached hydrogen (secondary N) is 3. The van der Waals surface area contributed by atoms with Gasteiger partial charge in [0.05, 0.1) is 31.7 Å². The lowest BCUT2D eigenvalue weighted by atomic mass is 9.68. The summed E-state index contributed by atoms with van der Waals surface area (Å²) in [6.07, 6.45) is 6.40. The molecule has 2 saturated heterocycles. The van der Waals surface area contributed by atoms with E-state index in [4.69, 9.17) is 24.7 Å². The zero-order chi connectivity index (χ0) is 27.5. The molecule has 4 unspecified atom stereocenters. The van der Waals surface area contributed by atoms with Crippen LogP contribution in [0.2, 0.25) is 0 Å². The van der Waals surface area contributed by atoms with Crippen LogP contribution in [0.4, 0.5) is 4.79 Å². The van der Waals surface area contributed by atoms with Crippen molar-refractivity contribution in [2.24, 2.45) is 11.7 Å². The molecule has 4 aliphatic rings. The second-order valence-corrected chi connectivity index (χ2v) is 11.6. The topological polar surface area (TPSA) is 157 Å². The zero-order valence-electron chi connectivity index (χ0n) is 23.0. The van der Waals surface area contributed by atoms with Gasteiger partial charge in [0.1, 0.15) is 23.4 Å². The molecule has 2 heterocycles. The fraction of sp³-hybridized carbons (Fsp3) is 0.815. The van der Waals surface area contributed by atoms with Gasteiger partial charge in [-0.15, -0.1) is 0 Å². The number of carbonyl (C=O) groups is 3. The van der Waals surface area contributed by atoms with Crippen LogP contribution in [-0.2, 0) is 28.5 Å². The maximum Gasteiger partial charge on any atom is 0.407 e. The number of hydrogen-bond donors (Lipinski definition) is 4. The minimum Gasteiger partial charge on any atom is -0.443 e. The van der Waals surface area contributed by atoms with E-state index in [1.165, 1.54) is 5.57 Å². The molecule has 2 aliphatic carbocycles. The Balaban J connectivity index is 1.25. The van der Waals surface area contributed by atoms with Gasteiger partial charge in [-0.1, -0.05) is 11.6 Å². The summed E-state index contributed by atoms with van der Waals surface area (Å²) in [5.41, 5.74) is 5.85. The molecule has 4 rings (SSSR count). The smallest absolute Gasteiger partial charge is 0.407 e. The maximum absolute atomic E-state index is 12.9. The molecule has 38 heavy (non-hydrogen) atoms. The van der Waals surface area contributed by atoms with Crippen molar-refractivity contribution in [3.05, 3.63) is 11.6 Å². The molecule has 4 fully saturated rings. The Bertz CT molecular complexity index is 911. The van der Waals surface area contributed by atoms with Crippen LogP contribution in [0.25, 0.3) is 0 Å². The summed E-state index contributed by atoms with van der Waals surface area (Å²) in [4.78, 5) is 36.1. The lowest BCUT2D eigenvalue weighted by Crippen LogP contribution is -2.56. The molecular weight excluding hydrogens is 492 g/mol. The van der Waals surface area contributed by atoms with E-state index in [1.54, 1.807) is 7.11 Å². The molecule has 0 aromatic rings. The third kappa shape index (κ3) is 6.67. The van der Waals surface area contributed by atoms with Gasteiger partial charge in [0.15, 0.2) is 0 Å². The predicted molar refractivity (Wildman–Crippen MR) is 139 cm³/mol. The number of ether oxygens (including phenoxy) is 4. The Morgan fingerprint density at radius 3 is 2.29 bits per heavy atom. The van der Waals surface area contributed by atoms with Crippen molar-refractivity contribution < 1.29 is 33.3 Å². The Hall–Kier alpha value is -2.21. The Morgan fingerprint density at radius 1 is 1.05 bits per heavy atom. The first-order chi connectivity index (χ1) is 18.1. The van der Waals surface area contributed by atoms with E-state index in [9.17, 15) is 14.4 Å². The largest absolute Gasteiger partial charge is 0.443 e. The summed E-state index contributed by atoms with van der Waals surface area (Å²) >= 11 is 0. The van der Waals surface area contributed by atoms with Crippen molar-refractivity contribution in [3.63, 3.8) is 0 Å². The van der Waals surface area contributed by atoms with E-state index < -0.39 is 6.09 Å². The highest BCUT2D eigenvalue weighted by Crippen LogP contribution is 2.59. The summed E-state index contributed by atoms with van der Waals surface area (Å²) in [6.45, 7) is 6.74. The minimum atomic E-state index is -0.441. The molecule has 1 spiro atoms. The average molecular weight is 537 g/mol. The highest BCUT2D eigenvalue weighted by molar-refractivity contribution is 5.85. The number of amides is 3. The van der Waals surface area contributed by atoms with Gasteiger partial charge in [-0.3, -0.25) is 9.59 Å². The Morgan fingerprint density at radius 2 is 1.71 bits per heavy atom. The quantitative estimate of drug-likeness (QED) is 0.240. The Labute approximate surface area is 224 Å². The molecule has 0 bridgehead atoms.